The summed E-state index contributed by atoms with van der Waals surface area (Å²) < 4.78 is 11.2. The first kappa shape index (κ1) is 23.3. The molecule has 0 fully saturated rings. The molecule has 7 heteroatoms. The molecule has 1 amide bonds. The average molecular weight is 464 g/mol. The van der Waals surface area contributed by atoms with E-state index in [1.807, 2.05) is 43.3 Å². The van der Waals surface area contributed by atoms with Gasteiger partial charge in [-0.2, -0.15) is 0 Å². The number of aromatic nitrogens is 2. The highest BCUT2D eigenvalue weighted by Crippen LogP contribution is 2.35. The van der Waals surface area contributed by atoms with Crippen LogP contribution >= 0.6 is 11.8 Å². The SMILES string of the molecule is COc1ccc(NC(=O)[C@@H](C)Sc2nc(-c3ccc(C)cc3)nc3c2COC(C)(C)C3)cc1. The number of thioether (sulfide) groups is 1. The van der Waals surface area contributed by atoms with E-state index in [1.165, 1.54) is 17.3 Å². The molecule has 1 atom stereocenters. The van der Waals surface area contributed by atoms with E-state index in [1.54, 1.807) is 7.11 Å². The van der Waals surface area contributed by atoms with E-state index in [0.717, 1.165) is 33.3 Å². The number of hydrogen-bond acceptors (Lipinski definition) is 6. The van der Waals surface area contributed by atoms with Gasteiger partial charge in [0, 0.05) is 23.2 Å². The van der Waals surface area contributed by atoms with Crippen LogP contribution in [0, 0.1) is 6.92 Å². The molecule has 172 valence electrons. The van der Waals surface area contributed by atoms with Crippen molar-refractivity contribution in [1.82, 2.24) is 9.97 Å². The van der Waals surface area contributed by atoms with Crippen molar-refractivity contribution in [2.24, 2.45) is 0 Å². The smallest absolute Gasteiger partial charge is 0.237 e. The Hall–Kier alpha value is -2.90. The summed E-state index contributed by atoms with van der Waals surface area (Å²) in [6.45, 7) is 8.52. The quantitative estimate of drug-likeness (QED) is 0.388. The first-order chi connectivity index (χ1) is 15.7. The third-order valence-electron chi connectivity index (χ3n) is 5.58. The Labute approximate surface area is 199 Å². The fourth-order valence-corrected chi connectivity index (χ4v) is 4.55. The second kappa shape index (κ2) is 9.53. The third kappa shape index (κ3) is 5.54. The lowest BCUT2D eigenvalue weighted by Crippen LogP contribution is -2.33. The van der Waals surface area contributed by atoms with Crippen molar-refractivity contribution < 1.29 is 14.3 Å². The van der Waals surface area contributed by atoms with Crippen LogP contribution in [0.5, 0.6) is 5.75 Å². The molecule has 0 aliphatic carbocycles. The maximum absolute atomic E-state index is 12.9. The number of methoxy groups -OCH3 is 1. The Bertz CT molecular complexity index is 1140. The molecule has 1 aliphatic heterocycles. The van der Waals surface area contributed by atoms with Gasteiger partial charge >= 0.3 is 0 Å². The topological polar surface area (TPSA) is 73.3 Å². The van der Waals surface area contributed by atoms with Crippen molar-refractivity contribution in [2.45, 2.75) is 56.6 Å². The van der Waals surface area contributed by atoms with Gasteiger partial charge in [0.25, 0.3) is 0 Å². The zero-order chi connectivity index (χ0) is 23.6. The van der Waals surface area contributed by atoms with Crippen molar-refractivity contribution in [3.05, 3.63) is 65.4 Å². The van der Waals surface area contributed by atoms with E-state index in [9.17, 15) is 4.79 Å². The summed E-state index contributed by atoms with van der Waals surface area (Å²) in [5, 5.41) is 3.41. The second-order valence-electron chi connectivity index (χ2n) is 8.85. The van der Waals surface area contributed by atoms with Crippen LogP contribution in [0.25, 0.3) is 11.4 Å². The first-order valence-corrected chi connectivity index (χ1v) is 11.8. The maximum Gasteiger partial charge on any atom is 0.237 e. The van der Waals surface area contributed by atoms with Gasteiger partial charge in [-0.15, -0.1) is 0 Å². The first-order valence-electron chi connectivity index (χ1n) is 11.0. The number of rotatable bonds is 6. The van der Waals surface area contributed by atoms with Crippen LogP contribution in [0.2, 0.25) is 0 Å². The normalized spacial score (nSPS) is 15.4. The molecule has 2 heterocycles. The molecular weight excluding hydrogens is 434 g/mol. The van der Waals surface area contributed by atoms with Crippen LogP contribution < -0.4 is 10.1 Å². The number of carbonyl (C=O) groups is 1. The highest BCUT2D eigenvalue weighted by atomic mass is 32.2. The number of amides is 1. The Kier molecular flexibility index (Phi) is 6.72. The minimum Gasteiger partial charge on any atom is -0.497 e. The molecule has 0 saturated carbocycles. The molecule has 1 aromatic heterocycles. The lowest BCUT2D eigenvalue weighted by molar-refractivity contribution is -0.115. The number of benzene rings is 2. The van der Waals surface area contributed by atoms with Crippen LogP contribution in [0.15, 0.2) is 53.6 Å². The minimum absolute atomic E-state index is 0.0912. The zero-order valence-corrected chi connectivity index (χ0v) is 20.5. The summed E-state index contributed by atoms with van der Waals surface area (Å²) in [5.41, 5.74) is 4.55. The van der Waals surface area contributed by atoms with E-state index >= 15 is 0 Å². The number of hydrogen-bond donors (Lipinski definition) is 1. The van der Waals surface area contributed by atoms with Crippen LogP contribution in [0.3, 0.4) is 0 Å². The molecule has 0 unspecified atom stereocenters. The Morgan fingerprint density at radius 1 is 1.12 bits per heavy atom. The lowest BCUT2D eigenvalue weighted by atomic mass is 9.96. The molecule has 1 N–H and O–H groups in total. The molecule has 2 aromatic carbocycles. The monoisotopic (exact) mass is 463 g/mol. The van der Waals surface area contributed by atoms with Gasteiger partial charge in [0.15, 0.2) is 5.82 Å². The maximum atomic E-state index is 12.9. The fourth-order valence-electron chi connectivity index (χ4n) is 3.59. The predicted molar refractivity (Wildman–Crippen MR) is 132 cm³/mol. The van der Waals surface area contributed by atoms with Crippen molar-refractivity contribution in [2.75, 3.05) is 12.4 Å². The lowest BCUT2D eigenvalue weighted by Gasteiger charge is -2.32. The largest absolute Gasteiger partial charge is 0.497 e. The molecule has 1 aliphatic rings. The molecule has 6 nitrogen and oxygen atoms in total. The van der Waals surface area contributed by atoms with E-state index in [-0.39, 0.29) is 16.8 Å². The molecule has 0 spiro atoms. The molecule has 3 aromatic rings. The van der Waals surface area contributed by atoms with E-state index in [2.05, 4.69) is 38.2 Å². The number of aryl methyl sites for hydroxylation is 1. The Morgan fingerprint density at radius 3 is 2.48 bits per heavy atom. The van der Waals surface area contributed by atoms with Crippen molar-refractivity contribution in [3.8, 4) is 17.1 Å². The number of anilines is 1. The number of carbonyl (C=O) groups excluding carboxylic acids is 1. The molecule has 0 bridgehead atoms. The number of ether oxygens (including phenoxy) is 2. The average Bonchev–Trinajstić information content (AvgIpc) is 2.79. The van der Waals surface area contributed by atoms with Crippen molar-refractivity contribution in [3.63, 3.8) is 0 Å². The van der Waals surface area contributed by atoms with Gasteiger partial charge in [0.2, 0.25) is 5.91 Å². The molecule has 0 saturated heterocycles. The van der Waals surface area contributed by atoms with Gasteiger partial charge < -0.3 is 14.8 Å². The summed E-state index contributed by atoms with van der Waals surface area (Å²) >= 11 is 1.44. The van der Waals surface area contributed by atoms with Crippen LogP contribution in [0.1, 0.15) is 37.6 Å². The molecule has 4 rings (SSSR count). The van der Waals surface area contributed by atoms with Gasteiger partial charge in [-0.25, -0.2) is 9.97 Å². The molecular formula is C26H29N3O3S. The summed E-state index contributed by atoms with van der Waals surface area (Å²) in [6, 6.07) is 15.5. The summed E-state index contributed by atoms with van der Waals surface area (Å²) in [5.74, 6) is 1.33. The number of fused-ring (bicyclic) bond motifs is 1. The highest BCUT2D eigenvalue weighted by molar-refractivity contribution is 8.00. The second-order valence-corrected chi connectivity index (χ2v) is 10.2. The summed E-state index contributed by atoms with van der Waals surface area (Å²) in [7, 11) is 1.62. The van der Waals surface area contributed by atoms with Crippen LogP contribution in [-0.2, 0) is 22.6 Å². The van der Waals surface area contributed by atoms with E-state index in [0.29, 0.717) is 18.9 Å². The predicted octanol–water partition coefficient (Wildman–Crippen LogP) is 5.43. The summed E-state index contributed by atoms with van der Waals surface area (Å²) in [6.07, 6.45) is 0.698. The van der Waals surface area contributed by atoms with Gasteiger partial charge in [0.05, 0.1) is 30.3 Å². The third-order valence-corrected chi connectivity index (χ3v) is 6.71. The number of nitrogens with zero attached hydrogens (tertiary/aromatic N) is 2. The van der Waals surface area contributed by atoms with Gasteiger partial charge in [0.1, 0.15) is 10.8 Å². The van der Waals surface area contributed by atoms with Gasteiger partial charge in [-0.05, 0) is 52.0 Å². The van der Waals surface area contributed by atoms with Crippen LogP contribution in [-0.4, -0.2) is 33.8 Å². The van der Waals surface area contributed by atoms with Crippen molar-refractivity contribution in [1.29, 1.82) is 0 Å². The Balaban J connectivity index is 1.60. The molecule has 33 heavy (non-hydrogen) atoms. The standard InChI is InChI=1S/C26H29N3O3S/c1-16-6-8-18(9-7-16)23-28-22-14-26(3,4)32-15-21(22)25(29-23)33-17(2)24(30)27-19-10-12-20(31-5)13-11-19/h6-13,17H,14-15H2,1-5H3,(H,27,30)/t17-/m1/s1. The van der Waals surface area contributed by atoms with E-state index in [4.69, 9.17) is 19.4 Å². The van der Waals surface area contributed by atoms with Gasteiger partial charge in [-0.1, -0.05) is 41.6 Å². The van der Waals surface area contributed by atoms with Crippen LogP contribution in [0.4, 0.5) is 5.69 Å². The Morgan fingerprint density at radius 2 is 1.82 bits per heavy atom. The fraction of sp³-hybridized carbons (Fsp3) is 0.346. The zero-order valence-electron chi connectivity index (χ0n) is 19.6. The van der Waals surface area contributed by atoms with Gasteiger partial charge in [-0.3, -0.25) is 4.79 Å². The highest BCUT2D eigenvalue weighted by Gasteiger charge is 2.31. The molecule has 0 radical (unpaired) electrons. The van der Waals surface area contributed by atoms with E-state index < -0.39 is 0 Å². The van der Waals surface area contributed by atoms with Crippen molar-refractivity contribution >= 4 is 23.4 Å². The number of nitrogens with one attached hydrogen (secondary N) is 1. The minimum atomic E-state index is -0.355. The summed E-state index contributed by atoms with van der Waals surface area (Å²) in [4.78, 5) is 22.6.